The van der Waals surface area contributed by atoms with Crippen molar-refractivity contribution < 1.29 is 24.1 Å². The van der Waals surface area contributed by atoms with E-state index in [4.69, 9.17) is 14.2 Å². The molecule has 192 valence electrons. The monoisotopic (exact) mass is 482 g/mol. The number of carbonyl (C=O) groups excluding carboxylic acids is 1. The lowest BCUT2D eigenvalue weighted by atomic mass is 9.70. The molecule has 1 spiro atoms. The zero-order valence-electron chi connectivity index (χ0n) is 21.8. The van der Waals surface area contributed by atoms with Gasteiger partial charge in [-0.25, -0.2) is 0 Å². The summed E-state index contributed by atoms with van der Waals surface area (Å²) in [6.07, 6.45) is 9.05. The van der Waals surface area contributed by atoms with E-state index >= 15 is 0 Å². The molecule has 5 nitrogen and oxygen atoms in total. The third-order valence-corrected chi connectivity index (χ3v) is 7.66. The molecular formula is C30H42O5. The Balaban J connectivity index is 1.37. The molecule has 1 saturated carbocycles. The predicted octanol–water partition coefficient (Wildman–Crippen LogP) is 6.26. The molecule has 0 bridgehead atoms. The number of benzene rings is 1. The molecule has 5 heteroatoms. The molecule has 0 amide bonds. The van der Waals surface area contributed by atoms with E-state index < -0.39 is 0 Å². The molecule has 1 N–H and O–H groups in total. The van der Waals surface area contributed by atoms with E-state index in [1.165, 1.54) is 5.56 Å². The summed E-state index contributed by atoms with van der Waals surface area (Å²) in [7, 11) is 0. The average molecular weight is 483 g/mol. The van der Waals surface area contributed by atoms with Gasteiger partial charge in [-0.15, -0.1) is 0 Å². The highest BCUT2D eigenvalue weighted by atomic mass is 16.5. The molecule has 35 heavy (non-hydrogen) atoms. The van der Waals surface area contributed by atoms with E-state index in [1.54, 1.807) is 0 Å². The van der Waals surface area contributed by atoms with Crippen LogP contribution in [0.15, 0.2) is 47.2 Å². The third kappa shape index (κ3) is 6.37. The van der Waals surface area contributed by atoms with Gasteiger partial charge in [0.1, 0.15) is 17.1 Å². The fourth-order valence-electron chi connectivity index (χ4n) is 5.85. The quantitative estimate of drug-likeness (QED) is 0.450. The van der Waals surface area contributed by atoms with Crippen LogP contribution in [0.4, 0.5) is 0 Å². The maximum absolute atomic E-state index is 13.1. The Hall–Kier alpha value is -2.11. The first-order chi connectivity index (χ1) is 16.8. The van der Waals surface area contributed by atoms with Crippen LogP contribution in [0.3, 0.4) is 0 Å². The third-order valence-electron chi connectivity index (χ3n) is 7.66. The van der Waals surface area contributed by atoms with E-state index in [1.807, 2.05) is 26.0 Å². The number of Topliss-reactive ketones (excluding diaryl/α,β-unsaturated/α-hetero) is 1. The molecule has 4 rings (SSSR count). The van der Waals surface area contributed by atoms with E-state index in [0.29, 0.717) is 31.1 Å². The zero-order chi connectivity index (χ0) is 25.0. The van der Waals surface area contributed by atoms with Gasteiger partial charge in [0.25, 0.3) is 0 Å². The van der Waals surface area contributed by atoms with Gasteiger partial charge in [0.2, 0.25) is 0 Å². The number of carbonyl (C=O) groups is 1. The number of ether oxygens (including phenoxy) is 3. The van der Waals surface area contributed by atoms with Crippen LogP contribution in [-0.2, 0) is 14.3 Å². The summed E-state index contributed by atoms with van der Waals surface area (Å²) >= 11 is 0. The van der Waals surface area contributed by atoms with E-state index in [-0.39, 0.29) is 30.2 Å². The van der Waals surface area contributed by atoms with Crippen molar-refractivity contribution in [3.63, 3.8) is 0 Å². The second-order valence-electron chi connectivity index (χ2n) is 11.1. The topological polar surface area (TPSA) is 65.0 Å². The van der Waals surface area contributed by atoms with Gasteiger partial charge in [-0.05, 0) is 95.4 Å². The Morgan fingerprint density at radius 2 is 1.86 bits per heavy atom. The minimum atomic E-state index is -0.154. The van der Waals surface area contributed by atoms with Gasteiger partial charge in [0.15, 0.2) is 5.78 Å². The maximum atomic E-state index is 13.1. The van der Waals surface area contributed by atoms with Crippen molar-refractivity contribution in [2.24, 2.45) is 5.92 Å². The van der Waals surface area contributed by atoms with Crippen molar-refractivity contribution in [2.45, 2.75) is 103 Å². The van der Waals surface area contributed by atoms with Gasteiger partial charge in [0.05, 0.1) is 25.4 Å². The Morgan fingerprint density at radius 3 is 2.54 bits per heavy atom. The minimum absolute atomic E-state index is 0.0669. The molecular weight excluding hydrogens is 440 g/mol. The normalized spacial score (nSPS) is 26.5. The van der Waals surface area contributed by atoms with Gasteiger partial charge < -0.3 is 19.3 Å². The molecule has 1 fully saturated rings. The van der Waals surface area contributed by atoms with Crippen LogP contribution in [0, 0.1) is 5.92 Å². The van der Waals surface area contributed by atoms with Crippen molar-refractivity contribution in [3.05, 3.63) is 52.8 Å². The van der Waals surface area contributed by atoms with Gasteiger partial charge >= 0.3 is 0 Å². The first-order valence-electron chi connectivity index (χ1n) is 13.4. The summed E-state index contributed by atoms with van der Waals surface area (Å²) in [5.74, 6) is 2.78. The lowest BCUT2D eigenvalue weighted by Gasteiger charge is -2.46. The summed E-state index contributed by atoms with van der Waals surface area (Å²) in [4.78, 5) is 13.1. The van der Waals surface area contributed by atoms with Gasteiger partial charge in [0, 0.05) is 24.3 Å². The predicted molar refractivity (Wildman–Crippen MR) is 137 cm³/mol. The van der Waals surface area contributed by atoms with Crippen molar-refractivity contribution in [1.82, 2.24) is 0 Å². The summed E-state index contributed by atoms with van der Waals surface area (Å²) in [5.41, 5.74) is 2.69. The largest absolute Gasteiger partial charge is 0.495 e. The smallest absolute Gasteiger partial charge is 0.159 e. The molecule has 1 aliphatic heterocycles. The van der Waals surface area contributed by atoms with E-state index in [0.717, 1.165) is 61.4 Å². The fraction of sp³-hybridized carbons (Fsp3) is 0.633. The van der Waals surface area contributed by atoms with E-state index in [2.05, 4.69) is 32.0 Å². The summed E-state index contributed by atoms with van der Waals surface area (Å²) in [6, 6.07) is 8.40. The molecule has 0 aromatic heterocycles. The number of aliphatic hydroxyl groups is 1. The van der Waals surface area contributed by atoms with Crippen molar-refractivity contribution in [2.75, 3.05) is 13.2 Å². The van der Waals surface area contributed by atoms with Gasteiger partial charge in [-0.2, -0.15) is 0 Å². The van der Waals surface area contributed by atoms with Gasteiger partial charge in [-0.1, -0.05) is 18.2 Å². The van der Waals surface area contributed by atoms with Crippen molar-refractivity contribution >= 4 is 5.78 Å². The van der Waals surface area contributed by atoms with Crippen LogP contribution in [0.1, 0.15) is 90.5 Å². The minimum Gasteiger partial charge on any atom is -0.495 e. The van der Waals surface area contributed by atoms with Crippen LogP contribution in [0.2, 0.25) is 0 Å². The molecule has 0 saturated heterocycles. The Kier molecular flexibility index (Phi) is 8.38. The maximum Gasteiger partial charge on any atom is 0.159 e. The average Bonchev–Trinajstić information content (AvgIpc) is 2.84. The highest BCUT2D eigenvalue weighted by molar-refractivity contribution is 5.96. The van der Waals surface area contributed by atoms with Crippen LogP contribution in [0.5, 0.6) is 5.75 Å². The standard InChI is InChI=1S/C30H42O5/c1-20(2)33-19-25-17-30(35-29-8-6-5-7-26(25)29)13-11-22(12-14-30)15-27(32)23-9-10-28(34-21(3)4)24(16-23)18-31/h5-8,16,20-22,25,31H,9-15,17-19H2,1-4H3/t22-,25?,30+. The van der Waals surface area contributed by atoms with Crippen molar-refractivity contribution in [3.8, 4) is 5.75 Å². The lowest BCUT2D eigenvalue weighted by Crippen LogP contribution is -2.45. The van der Waals surface area contributed by atoms with Crippen LogP contribution in [0.25, 0.3) is 0 Å². The molecule has 1 unspecified atom stereocenters. The molecule has 2 aliphatic carbocycles. The first kappa shape index (κ1) is 26.0. The second kappa shape index (κ2) is 11.3. The summed E-state index contributed by atoms with van der Waals surface area (Å²) in [6.45, 7) is 8.77. The van der Waals surface area contributed by atoms with Crippen LogP contribution in [-0.4, -0.2) is 41.9 Å². The van der Waals surface area contributed by atoms with E-state index in [9.17, 15) is 9.90 Å². The second-order valence-corrected chi connectivity index (χ2v) is 11.1. The fourth-order valence-corrected chi connectivity index (χ4v) is 5.85. The summed E-state index contributed by atoms with van der Waals surface area (Å²) in [5, 5.41) is 9.78. The molecule has 0 radical (unpaired) electrons. The highest BCUT2D eigenvalue weighted by Gasteiger charge is 2.44. The Labute approximate surface area is 210 Å². The number of para-hydroxylation sites is 1. The molecule has 1 heterocycles. The zero-order valence-corrected chi connectivity index (χ0v) is 21.8. The van der Waals surface area contributed by atoms with Gasteiger partial charge in [-0.3, -0.25) is 4.79 Å². The first-order valence-corrected chi connectivity index (χ1v) is 13.4. The number of ketones is 1. The van der Waals surface area contributed by atoms with Crippen molar-refractivity contribution in [1.29, 1.82) is 0 Å². The number of aliphatic hydroxyl groups excluding tert-OH is 1. The SMILES string of the molecule is CC(C)OCC1C[C@]2(CC[C@H](CC(=O)C3=CC(CO)=C(OC(C)C)CC3)CC2)Oc2ccccc21. The summed E-state index contributed by atoms with van der Waals surface area (Å²) < 4.78 is 18.5. The number of hydrogen-bond donors (Lipinski definition) is 1. The highest BCUT2D eigenvalue weighted by Crippen LogP contribution is 2.48. The number of fused-ring (bicyclic) bond motifs is 1. The van der Waals surface area contributed by atoms with Crippen LogP contribution >= 0.6 is 0 Å². The van der Waals surface area contributed by atoms with Crippen LogP contribution < -0.4 is 4.74 Å². The molecule has 1 aromatic carbocycles. The lowest BCUT2D eigenvalue weighted by molar-refractivity contribution is -0.117. The number of allylic oxidation sites excluding steroid dienone is 2. The number of rotatable bonds is 9. The number of hydrogen-bond acceptors (Lipinski definition) is 5. The Morgan fingerprint density at radius 1 is 1.11 bits per heavy atom. The molecule has 1 aromatic rings. The Bertz CT molecular complexity index is 949. The molecule has 3 aliphatic rings. The molecule has 1 atom stereocenters.